The maximum atomic E-state index is 12.2. The average Bonchev–Trinajstić information content (AvgIpc) is 2.57. The van der Waals surface area contributed by atoms with Crippen LogP contribution in [0.5, 0.6) is 0 Å². The Kier molecular flexibility index (Phi) is 3.93. The highest BCUT2D eigenvalue weighted by Gasteiger charge is 2.19. The van der Waals surface area contributed by atoms with Crippen LogP contribution in [-0.2, 0) is 0 Å². The van der Waals surface area contributed by atoms with Gasteiger partial charge >= 0.3 is 0 Å². The molecule has 4 heteroatoms. The number of hydrogen-bond donors (Lipinski definition) is 0. The molecule has 0 atom stereocenters. The third-order valence-electron chi connectivity index (χ3n) is 2.85. The van der Waals surface area contributed by atoms with E-state index in [2.05, 4.69) is 20.9 Å². The Morgan fingerprint density at radius 3 is 2.56 bits per heavy atom. The summed E-state index contributed by atoms with van der Waals surface area (Å²) in [5, 5.41) is 0. The topological polar surface area (TPSA) is 33.2 Å². The van der Waals surface area contributed by atoms with E-state index in [1.807, 2.05) is 17.0 Å². The lowest BCUT2D eigenvalue weighted by Crippen LogP contribution is -2.32. The van der Waals surface area contributed by atoms with Gasteiger partial charge in [-0.15, -0.1) is 0 Å². The highest BCUT2D eigenvalue weighted by atomic mass is 79.9. The van der Waals surface area contributed by atoms with E-state index in [4.69, 9.17) is 0 Å². The molecule has 0 spiro atoms. The van der Waals surface area contributed by atoms with E-state index in [0.717, 1.165) is 30.4 Å². The van der Waals surface area contributed by atoms with Crippen molar-refractivity contribution in [2.75, 3.05) is 13.1 Å². The summed E-state index contributed by atoms with van der Waals surface area (Å²) in [5.41, 5.74) is 0.532. The van der Waals surface area contributed by atoms with Crippen LogP contribution < -0.4 is 0 Å². The Labute approximate surface area is 104 Å². The van der Waals surface area contributed by atoms with Crippen LogP contribution in [0.4, 0.5) is 0 Å². The first kappa shape index (κ1) is 11.6. The normalized spacial score (nSPS) is 16.9. The first-order chi connectivity index (χ1) is 7.79. The molecule has 1 aromatic rings. The number of likely N-dealkylation sites (tertiary alicyclic amines) is 1. The molecule has 0 bridgehead atoms. The summed E-state index contributed by atoms with van der Waals surface area (Å²) in [7, 11) is 0. The molecule has 0 saturated carbocycles. The molecular weight excluding hydrogens is 268 g/mol. The van der Waals surface area contributed by atoms with Gasteiger partial charge in [-0.25, -0.2) is 4.98 Å². The van der Waals surface area contributed by atoms with Gasteiger partial charge in [0.1, 0.15) is 5.69 Å². The zero-order valence-corrected chi connectivity index (χ0v) is 10.7. The number of pyridine rings is 1. The molecule has 86 valence electrons. The van der Waals surface area contributed by atoms with Crippen LogP contribution in [0, 0.1) is 0 Å². The summed E-state index contributed by atoms with van der Waals surface area (Å²) in [5.74, 6) is 0.0503. The van der Waals surface area contributed by atoms with Crippen LogP contribution in [0.2, 0.25) is 0 Å². The predicted octanol–water partition coefficient (Wildman–Crippen LogP) is 2.86. The number of carbonyl (C=O) groups excluding carboxylic acids is 1. The van der Waals surface area contributed by atoms with E-state index in [1.54, 1.807) is 6.20 Å². The van der Waals surface area contributed by atoms with Crippen molar-refractivity contribution in [3.8, 4) is 0 Å². The SMILES string of the molecule is O=C(c1ncccc1Br)N1CCCCCC1. The molecule has 1 aliphatic rings. The zero-order chi connectivity index (χ0) is 11.4. The fourth-order valence-electron chi connectivity index (χ4n) is 1.97. The predicted molar refractivity (Wildman–Crippen MR) is 66.3 cm³/mol. The molecule has 3 nitrogen and oxygen atoms in total. The standard InChI is InChI=1S/C12H15BrN2O/c13-10-6-5-7-14-11(10)12(16)15-8-3-1-2-4-9-15/h5-7H,1-4,8-9H2. The Bertz CT molecular complexity index is 373. The van der Waals surface area contributed by atoms with E-state index < -0.39 is 0 Å². The van der Waals surface area contributed by atoms with Gasteiger partial charge in [0.2, 0.25) is 0 Å². The molecule has 1 amide bonds. The van der Waals surface area contributed by atoms with Gasteiger partial charge in [-0.1, -0.05) is 12.8 Å². The van der Waals surface area contributed by atoms with Crippen molar-refractivity contribution in [1.29, 1.82) is 0 Å². The van der Waals surface area contributed by atoms with Gasteiger partial charge in [-0.3, -0.25) is 4.79 Å². The summed E-state index contributed by atoms with van der Waals surface area (Å²) in [4.78, 5) is 18.3. The summed E-state index contributed by atoms with van der Waals surface area (Å²) < 4.78 is 0.782. The third-order valence-corrected chi connectivity index (χ3v) is 3.49. The van der Waals surface area contributed by atoms with Gasteiger partial charge in [0, 0.05) is 23.8 Å². The monoisotopic (exact) mass is 282 g/mol. The highest BCUT2D eigenvalue weighted by molar-refractivity contribution is 9.10. The molecule has 2 rings (SSSR count). The minimum atomic E-state index is 0.0503. The average molecular weight is 283 g/mol. The van der Waals surface area contributed by atoms with Crippen molar-refractivity contribution in [2.45, 2.75) is 25.7 Å². The second-order valence-corrected chi connectivity index (χ2v) is 4.89. The van der Waals surface area contributed by atoms with Gasteiger partial charge in [0.15, 0.2) is 0 Å². The van der Waals surface area contributed by atoms with Crippen molar-refractivity contribution in [3.05, 3.63) is 28.5 Å². The molecule has 0 aromatic carbocycles. The number of halogens is 1. The lowest BCUT2D eigenvalue weighted by atomic mass is 10.2. The van der Waals surface area contributed by atoms with Crippen LogP contribution in [0.3, 0.4) is 0 Å². The molecule has 1 saturated heterocycles. The first-order valence-electron chi connectivity index (χ1n) is 5.69. The second-order valence-electron chi connectivity index (χ2n) is 4.04. The van der Waals surface area contributed by atoms with Crippen LogP contribution >= 0.6 is 15.9 Å². The Morgan fingerprint density at radius 1 is 1.25 bits per heavy atom. The van der Waals surface area contributed by atoms with Gasteiger partial charge < -0.3 is 4.90 Å². The number of rotatable bonds is 1. The fourth-order valence-corrected chi connectivity index (χ4v) is 2.39. The first-order valence-corrected chi connectivity index (χ1v) is 6.48. The summed E-state index contributed by atoms with van der Waals surface area (Å²) in [6.45, 7) is 1.73. The van der Waals surface area contributed by atoms with E-state index >= 15 is 0 Å². The van der Waals surface area contributed by atoms with Crippen molar-refractivity contribution < 1.29 is 4.79 Å². The molecular formula is C12H15BrN2O. The van der Waals surface area contributed by atoms with Gasteiger partial charge in [-0.2, -0.15) is 0 Å². The molecule has 1 aromatic heterocycles. The van der Waals surface area contributed by atoms with E-state index in [0.29, 0.717) is 5.69 Å². The van der Waals surface area contributed by atoms with E-state index in [-0.39, 0.29) is 5.91 Å². The molecule has 0 unspecified atom stereocenters. The molecule has 0 N–H and O–H groups in total. The molecule has 16 heavy (non-hydrogen) atoms. The largest absolute Gasteiger partial charge is 0.337 e. The maximum absolute atomic E-state index is 12.2. The van der Waals surface area contributed by atoms with Gasteiger partial charge in [0.25, 0.3) is 5.91 Å². The number of nitrogens with zero attached hydrogens (tertiary/aromatic N) is 2. The lowest BCUT2D eigenvalue weighted by molar-refractivity contribution is 0.0755. The van der Waals surface area contributed by atoms with Crippen molar-refractivity contribution in [2.24, 2.45) is 0 Å². The molecule has 1 fully saturated rings. The maximum Gasteiger partial charge on any atom is 0.273 e. The smallest absolute Gasteiger partial charge is 0.273 e. The van der Waals surface area contributed by atoms with Crippen molar-refractivity contribution >= 4 is 21.8 Å². The number of aromatic nitrogens is 1. The van der Waals surface area contributed by atoms with Crippen LogP contribution in [-0.4, -0.2) is 28.9 Å². The zero-order valence-electron chi connectivity index (χ0n) is 9.16. The summed E-state index contributed by atoms with van der Waals surface area (Å²) >= 11 is 3.37. The minimum Gasteiger partial charge on any atom is -0.337 e. The molecule has 0 radical (unpaired) electrons. The Balaban J connectivity index is 2.14. The minimum absolute atomic E-state index is 0.0503. The Morgan fingerprint density at radius 2 is 1.94 bits per heavy atom. The van der Waals surface area contributed by atoms with E-state index in [9.17, 15) is 4.79 Å². The second kappa shape index (κ2) is 5.43. The summed E-state index contributed by atoms with van der Waals surface area (Å²) in [6.07, 6.45) is 6.34. The molecule has 1 aliphatic heterocycles. The third kappa shape index (κ3) is 2.61. The number of amides is 1. The van der Waals surface area contributed by atoms with E-state index in [1.165, 1.54) is 12.8 Å². The highest BCUT2D eigenvalue weighted by Crippen LogP contribution is 2.18. The fraction of sp³-hybridized carbons (Fsp3) is 0.500. The van der Waals surface area contributed by atoms with Crippen LogP contribution in [0.15, 0.2) is 22.8 Å². The van der Waals surface area contributed by atoms with Gasteiger partial charge in [-0.05, 0) is 40.9 Å². The summed E-state index contributed by atoms with van der Waals surface area (Å²) in [6, 6.07) is 3.68. The van der Waals surface area contributed by atoms with Crippen molar-refractivity contribution in [3.63, 3.8) is 0 Å². The van der Waals surface area contributed by atoms with Crippen LogP contribution in [0.25, 0.3) is 0 Å². The Hall–Kier alpha value is -0.900. The number of carbonyl (C=O) groups is 1. The van der Waals surface area contributed by atoms with Crippen LogP contribution in [0.1, 0.15) is 36.2 Å². The number of hydrogen-bond acceptors (Lipinski definition) is 2. The lowest BCUT2D eigenvalue weighted by Gasteiger charge is -2.20. The quantitative estimate of drug-likeness (QED) is 0.794. The van der Waals surface area contributed by atoms with Crippen molar-refractivity contribution in [1.82, 2.24) is 9.88 Å². The molecule has 2 heterocycles. The van der Waals surface area contributed by atoms with Gasteiger partial charge in [0.05, 0.1) is 0 Å². The molecule has 0 aliphatic carbocycles.